The lowest BCUT2D eigenvalue weighted by atomic mass is 9.96. The average Bonchev–Trinajstić information content (AvgIpc) is 2.79. The van der Waals surface area contributed by atoms with E-state index in [1.54, 1.807) is 6.92 Å². The molecule has 0 unspecified atom stereocenters. The molecule has 1 aliphatic heterocycles. The minimum absolute atomic E-state index is 0.137. The van der Waals surface area contributed by atoms with E-state index in [-0.39, 0.29) is 24.5 Å². The van der Waals surface area contributed by atoms with Gasteiger partial charge in [-0.3, -0.25) is 9.59 Å². The van der Waals surface area contributed by atoms with Crippen molar-refractivity contribution in [2.75, 3.05) is 6.61 Å². The van der Waals surface area contributed by atoms with Crippen LogP contribution in [0.5, 0.6) is 0 Å². The van der Waals surface area contributed by atoms with Crippen molar-refractivity contribution in [3.8, 4) is 0 Å². The third-order valence-electron chi connectivity index (χ3n) is 3.27. The summed E-state index contributed by atoms with van der Waals surface area (Å²) in [4.78, 5) is 23.1. The van der Waals surface area contributed by atoms with Crippen LogP contribution in [-0.2, 0) is 25.5 Å². The number of hydrogen-bond acceptors (Lipinski definition) is 4. The Bertz CT molecular complexity index is 441. The third kappa shape index (κ3) is 3.56. The zero-order valence-electron chi connectivity index (χ0n) is 11.0. The summed E-state index contributed by atoms with van der Waals surface area (Å²) in [5.74, 6) is -1.08. The molecule has 0 aromatic heterocycles. The maximum Gasteiger partial charge on any atom is 0.313 e. The zero-order chi connectivity index (χ0) is 13.7. The molecule has 0 saturated carbocycles. The molecule has 2 rings (SSSR count). The fraction of sp³-hybridized carbons (Fsp3) is 0.467. The largest absolute Gasteiger partial charge is 0.466 e. The predicted molar refractivity (Wildman–Crippen MR) is 69.4 cm³/mol. The first-order chi connectivity index (χ1) is 9.20. The number of carbonyl (C=O) groups is 2. The van der Waals surface area contributed by atoms with Crippen LogP contribution in [0.25, 0.3) is 0 Å². The molecule has 19 heavy (non-hydrogen) atoms. The first-order valence-corrected chi connectivity index (χ1v) is 6.60. The lowest BCUT2D eigenvalue weighted by Crippen LogP contribution is -2.26. The highest BCUT2D eigenvalue weighted by molar-refractivity contribution is 5.83. The predicted octanol–water partition coefficient (Wildman–Crippen LogP) is 2.11. The molecule has 0 amide bonds. The van der Waals surface area contributed by atoms with Crippen molar-refractivity contribution in [1.82, 2.24) is 0 Å². The minimum atomic E-state index is -0.448. The molecule has 1 saturated heterocycles. The summed E-state index contributed by atoms with van der Waals surface area (Å²) in [7, 11) is 0. The van der Waals surface area contributed by atoms with Crippen molar-refractivity contribution in [2.24, 2.45) is 5.92 Å². The van der Waals surface area contributed by atoms with Gasteiger partial charge in [0.15, 0.2) is 0 Å². The lowest BCUT2D eigenvalue weighted by molar-refractivity contribution is -0.150. The first-order valence-electron chi connectivity index (χ1n) is 6.60. The minimum Gasteiger partial charge on any atom is -0.466 e. The Morgan fingerprint density at radius 2 is 2.11 bits per heavy atom. The number of hydrogen-bond donors (Lipinski definition) is 0. The van der Waals surface area contributed by atoms with Gasteiger partial charge in [0.05, 0.1) is 13.0 Å². The van der Waals surface area contributed by atoms with Crippen molar-refractivity contribution in [1.29, 1.82) is 0 Å². The maximum absolute atomic E-state index is 11.8. The van der Waals surface area contributed by atoms with E-state index in [9.17, 15) is 9.59 Å². The van der Waals surface area contributed by atoms with Gasteiger partial charge in [-0.25, -0.2) is 0 Å². The second-order valence-corrected chi connectivity index (χ2v) is 4.62. The van der Waals surface area contributed by atoms with Crippen LogP contribution in [0.1, 0.15) is 25.3 Å². The molecule has 1 fully saturated rings. The average molecular weight is 262 g/mol. The van der Waals surface area contributed by atoms with E-state index in [2.05, 4.69) is 0 Å². The fourth-order valence-corrected chi connectivity index (χ4v) is 2.31. The van der Waals surface area contributed by atoms with Gasteiger partial charge in [0.25, 0.3) is 0 Å². The zero-order valence-corrected chi connectivity index (χ0v) is 11.0. The number of cyclic esters (lactones) is 1. The number of aryl methyl sites for hydroxylation is 1. The van der Waals surface area contributed by atoms with E-state index < -0.39 is 5.92 Å². The Kier molecular flexibility index (Phi) is 4.55. The van der Waals surface area contributed by atoms with Gasteiger partial charge in [-0.2, -0.15) is 0 Å². The monoisotopic (exact) mass is 262 g/mol. The van der Waals surface area contributed by atoms with Crippen molar-refractivity contribution >= 4 is 11.9 Å². The topological polar surface area (TPSA) is 52.6 Å². The molecule has 0 spiro atoms. The van der Waals surface area contributed by atoms with Crippen LogP contribution in [0.2, 0.25) is 0 Å². The van der Waals surface area contributed by atoms with Crippen molar-refractivity contribution in [3.63, 3.8) is 0 Å². The van der Waals surface area contributed by atoms with E-state index in [0.717, 1.165) is 6.42 Å². The van der Waals surface area contributed by atoms with Gasteiger partial charge in [-0.15, -0.1) is 0 Å². The highest BCUT2D eigenvalue weighted by Crippen LogP contribution is 2.27. The van der Waals surface area contributed by atoms with Gasteiger partial charge < -0.3 is 9.47 Å². The lowest BCUT2D eigenvalue weighted by Gasteiger charge is -2.16. The van der Waals surface area contributed by atoms with Gasteiger partial charge in [0.2, 0.25) is 0 Å². The Hall–Kier alpha value is -1.84. The van der Waals surface area contributed by atoms with Crippen LogP contribution in [0.4, 0.5) is 0 Å². The van der Waals surface area contributed by atoms with E-state index >= 15 is 0 Å². The van der Waals surface area contributed by atoms with Gasteiger partial charge in [0, 0.05) is 0 Å². The van der Waals surface area contributed by atoms with E-state index in [1.807, 2.05) is 30.3 Å². The first kappa shape index (κ1) is 13.6. The maximum atomic E-state index is 11.8. The molecule has 1 aromatic rings. The molecular weight excluding hydrogens is 244 g/mol. The number of ether oxygens (including phenoxy) is 2. The molecule has 0 bridgehead atoms. The Labute approximate surface area is 112 Å². The molecule has 0 N–H and O–H groups in total. The Morgan fingerprint density at radius 3 is 2.79 bits per heavy atom. The van der Waals surface area contributed by atoms with Gasteiger partial charge in [0.1, 0.15) is 12.0 Å². The van der Waals surface area contributed by atoms with Crippen LogP contribution in [0.3, 0.4) is 0 Å². The molecule has 2 atom stereocenters. The summed E-state index contributed by atoms with van der Waals surface area (Å²) in [5.41, 5.74) is 1.17. The Balaban J connectivity index is 1.94. The van der Waals surface area contributed by atoms with Crippen LogP contribution in [-0.4, -0.2) is 24.6 Å². The van der Waals surface area contributed by atoms with Crippen molar-refractivity contribution < 1.29 is 19.1 Å². The summed E-state index contributed by atoms with van der Waals surface area (Å²) in [6.45, 7) is 2.09. The second kappa shape index (κ2) is 6.36. The molecule has 102 valence electrons. The normalized spacial score (nSPS) is 22.1. The summed E-state index contributed by atoms with van der Waals surface area (Å²) >= 11 is 0. The molecule has 1 aromatic carbocycles. The number of carbonyl (C=O) groups excluding carboxylic acids is 2. The smallest absolute Gasteiger partial charge is 0.313 e. The SMILES string of the molecule is CCOC(=O)[C@@H]1CC(=O)O[C@@H]1CCc1ccccc1. The van der Waals surface area contributed by atoms with Crippen LogP contribution in [0, 0.1) is 5.92 Å². The third-order valence-corrected chi connectivity index (χ3v) is 3.27. The Morgan fingerprint density at radius 1 is 1.37 bits per heavy atom. The van der Waals surface area contributed by atoms with Gasteiger partial charge in [-0.1, -0.05) is 30.3 Å². The van der Waals surface area contributed by atoms with Crippen molar-refractivity contribution in [3.05, 3.63) is 35.9 Å². The molecule has 4 nitrogen and oxygen atoms in total. The molecule has 4 heteroatoms. The fourth-order valence-electron chi connectivity index (χ4n) is 2.31. The number of esters is 2. The molecule has 0 aliphatic carbocycles. The highest BCUT2D eigenvalue weighted by Gasteiger charge is 2.40. The van der Waals surface area contributed by atoms with Gasteiger partial charge in [-0.05, 0) is 25.3 Å². The van der Waals surface area contributed by atoms with Crippen LogP contribution >= 0.6 is 0 Å². The van der Waals surface area contributed by atoms with Crippen molar-refractivity contribution in [2.45, 2.75) is 32.3 Å². The van der Waals surface area contributed by atoms with Crippen LogP contribution < -0.4 is 0 Å². The van der Waals surface area contributed by atoms with E-state index in [1.165, 1.54) is 5.56 Å². The van der Waals surface area contributed by atoms with Gasteiger partial charge >= 0.3 is 11.9 Å². The second-order valence-electron chi connectivity index (χ2n) is 4.62. The van der Waals surface area contributed by atoms with E-state index in [0.29, 0.717) is 13.0 Å². The highest BCUT2D eigenvalue weighted by atomic mass is 16.6. The summed E-state index contributed by atoms with van der Waals surface area (Å²) in [6.07, 6.45) is 1.22. The van der Waals surface area contributed by atoms with Crippen LogP contribution in [0.15, 0.2) is 30.3 Å². The summed E-state index contributed by atoms with van der Waals surface area (Å²) < 4.78 is 10.2. The molecule has 1 heterocycles. The summed E-state index contributed by atoms with van der Waals surface area (Å²) in [5, 5.41) is 0. The quantitative estimate of drug-likeness (QED) is 0.763. The molecule has 0 radical (unpaired) electrons. The van der Waals surface area contributed by atoms with E-state index in [4.69, 9.17) is 9.47 Å². The standard InChI is InChI=1S/C15H18O4/c1-2-18-15(17)12-10-14(16)19-13(12)9-8-11-6-4-3-5-7-11/h3-7,12-13H,2,8-10H2,1H3/t12-,13-/m1/s1. The molecule has 1 aliphatic rings. The number of rotatable bonds is 5. The number of benzene rings is 1. The molecular formula is C15H18O4. The summed E-state index contributed by atoms with van der Waals surface area (Å²) in [6, 6.07) is 9.95.